The van der Waals surface area contributed by atoms with Crippen LogP contribution in [0.5, 0.6) is 0 Å². The molecule has 1 heterocycles. The number of carbonyl (C=O) groups is 1. The smallest absolute Gasteiger partial charge is 0.407 e. The highest BCUT2D eigenvalue weighted by Crippen LogP contribution is 2.35. The Kier molecular flexibility index (Phi) is 5.67. The summed E-state index contributed by atoms with van der Waals surface area (Å²) in [4.78, 5) is 11.7. The Morgan fingerprint density at radius 1 is 1.38 bits per heavy atom. The van der Waals surface area contributed by atoms with E-state index in [9.17, 15) is 9.90 Å². The minimum atomic E-state index is -0.516. The third-order valence-corrected chi connectivity index (χ3v) is 3.71. The first-order chi connectivity index (χ1) is 9.45. The highest BCUT2D eigenvalue weighted by atomic mass is 16.6. The number of hydrogen-bond donors (Lipinski definition) is 2. The zero-order chi connectivity index (χ0) is 16.3. The molecule has 0 bridgehead atoms. The van der Waals surface area contributed by atoms with Crippen LogP contribution in [-0.2, 0) is 9.47 Å². The predicted octanol–water partition coefficient (Wildman–Crippen LogP) is 2.86. The number of ether oxygens (including phenoxy) is 2. The normalized spacial score (nSPS) is 24.4. The van der Waals surface area contributed by atoms with E-state index in [-0.39, 0.29) is 18.3 Å². The lowest BCUT2D eigenvalue weighted by molar-refractivity contribution is -0.0410. The van der Waals surface area contributed by atoms with Gasteiger partial charge in [0.1, 0.15) is 5.60 Å². The molecule has 0 radical (unpaired) electrons. The minimum Gasteiger partial charge on any atom is -0.444 e. The molecule has 0 aliphatic carbocycles. The van der Waals surface area contributed by atoms with E-state index >= 15 is 0 Å². The molecule has 0 aromatic rings. The molecule has 1 rings (SSSR count). The summed E-state index contributed by atoms with van der Waals surface area (Å²) in [5.74, 6) is 0. The Balaban J connectivity index is 2.47. The SMILES string of the molecule is CC(CO)(CNC(=O)OC(C)(C)C)CC1CCC(C)(C)O1. The van der Waals surface area contributed by atoms with Crippen molar-refractivity contribution in [2.75, 3.05) is 13.2 Å². The van der Waals surface area contributed by atoms with Crippen LogP contribution in [0, 0.1) is 5.41 Å². The van der Waals surface area contributed by atoms with Gasteiger partial charge in [0.25, 0.3) is 0 Å². The first-order valence-electron chi connectivity index (χ1n) is 7.70. The van der Waals surface area contributed by atoms with Gasteiger partial charge >= 0.3 is 6.09 Å². The third kappa shape index (κ3) is 6.66. The summed E-state index contributed by atoms with van der Waals surface area (Å²) >= 11 is 0. The minimum absolute atomic E-state index is 0.00306. The molecule has 5 nitrogen and oxygen atoms in total. The molecule has 0 spiro atoms. The summed E-state index contributed by atoms with van der Waals surface area (Å²) in [6.07, 6.45) is 2.43. The number of amides is 1. The maximum atomic E-state index is 11.7. The van der Waals surface area contributed by atoms with Crippen LogP contribution in [0.4, 0.5) is 4.79 Å². The zero-order valence-electron chi connectivity index (χ0n) is 14.3. The molecule has 1 aliphatic heterocycles. The summed E-state index contributed by atoms with van der Waals surface area (Å²) in [7, 11) is 0. The van der Waals surface area contributed by atoms with Gasteiger partial charge in [0.15, 0.2) is 0 Å². The fourth-order valence-corrected chi connectivity index (χ4v) is 2.56. The van der Waals surface area contributed by atoms with Crippen molar-refractivity contribution >= 4 is 6.09 Å². The van der Waals surface area contributed by atoms with Crippen LogP contribution in [0.15, 0.2) is 0 Å². The number of hydrogen-bond acceptors (Lipinski definition) is 4. The Bertz CT molecular complexity index is 362. The van der Waals surface area contributed by atoms with Gasteiger partial charge < -0.3 is 19.9 Å². The molecule has 1 saturated heterocycles. The molecule has 1 fully saturated rings. The fourth-order valence-electron chi connectivity index (χ4n) is 2.56. The topological polar surface area (TPSA) is 67.8 Å². The van der Waals surface area contributed by atoms with Gasteiger partial charge in [0, 0.05) is 12.0 Å². The Labute approximate surface area is 128 Å². The Morgan fingerprint density at radius 3 is 2.43 bits per heavy atom. The highest BCUT2D eigenvalue weighted by Gasteiger charge is 2.37. The van der Waals surface area contributed by atoms with Crippen molar-refractivity contribution in [3.8, 4) is 0 Å². The zero-order valence-corrected chi connectivity index (χ0v) is 14.3. The summed E-state index contributed by atoms with van der Waals surface area (Å²) in [5, 5.41) is 12.4. The van der Waals surface area contributed by atoms with Crippen LogP contribution in [0.2, 0.25) is 0 Å². The maximum absolute atomic E-state index is 11.7. The molecule has 1 amide bonds. The van der Waals surface area contributed by atoms with Gasteiger partial charge in [-0.15, -0.1) is 0 Å². The van der Waals surface area contributed by atoms with Crippen LogP contribution in [-0.4, -0.2) is 41.7 Å². The highest BCUT2D eigenvalue weighted by molar-refractivity contribution is 5.67. The van der Waals surface area contributed by atoms with Gasteiger partial charge in [0.05, 0.1) is 18.3 Å². The van der Waals surface area contributed by atoms with Crippen LogP contribution in [0.1, 0.15) is 60.8 Å². The molecular formula is C16H31NO4. The molecule has 21 heavy (non-hydrogen) atoms. The molecule has 0 saturated carbocycles. The van der Waals surface area contributed by atoms with E-state index in [0.717, 1.165) is 19.3 Å². The van der Waals surface area contributed by atoms with Gasteiger partial charge in [-0.25, -0.2) is 4.79 Å². The number of aliphatic hydroxyl groups is 1. The molecule has 5 heteroatoms. The Morgan fingerprint density at radius 2 is 2.00 bits per heavy atom. The van der Waals surface area contributed by atoms with Crippen molar-refractivity contribution in [1.82, 2.24) is 5.32 Å². The number of carbonyl (C=O) groups excluding carboxylic acids is 1. The van der Waals surface area contributed by atoms with Crippen molar-refractivity contribution < 1.29 is 19.4 Å². The van der Waals surface area contributed by atoms with Gasteiger partial charge in [-0.2, -0.15) is 0 Å². The number of nitrogens with one attached hydrogen (secondary N) is 1. The van der Waals surface area contributed by atoms with Crippen LogP contribution < -0.4 is 5.32 Å². The molecule has 0 aromatic carbocycles. The van der Waals surface area contributed by atoms with Crippen molar-refractivity contribution in [3.05, 3.63) is 0 Å². The second-order valence-corrected chi connectivity index (χ2v) is 8.07. The maximum Gasteiger partial charge on any atom is 0.407 e. The average molecular weight is 301 g/mol. The van der Waals surface area contributed by atoms with E-state index in [1.54, 1.807) is 0 Å². The number of rotatable bonds is 5. The summed E-state index contributed by atoms with van der Waals surface area (Å²) in [6.45, 7) is 12.0. The molecule has 0 aromatic heterocycles. The van der Waals surface area contributed by atoms with E-state index < -0.39 is 17.1 Å². The molecule has 2 atom stereocenters. The van der Waals surface area contributed by atoms with E-state index in [1.165, 1.54) is 0 Å². The molecule has 2 unspecified atom stereocenters. The quantitative estimate of drug-likeness (QED) is 0.819. The van der Waals surface area contributed by atoms with E-state index in [1.807, 2.05) is 27.7 Å². The second-order valence-electron chi connectivity index (χ2n) is 8.07. The monoisotopic (exact) mass is 301 g/mol. The summed E-state index contributed by atoms with van der Waals surface area (Å²) in [5.41, 5.74) is -1.00. The summed E-state index contributed by atoms with van der Waals surface area (Å²) < 4.78 is 11.2. The lowest BCUT2D eigenvalue weighted by atomic mass is 9.84. The van der Waals surface area contributed by atoms with Crippen LogP contribution in [0.25, 0.3) is 0 Å². The average Bonchev–Trinajstić information content (AvgIpc) is 2.64. The standard InChI is InChI=1S/C16H31NO4/c1-14(2,3)21-13(19)17-10-16(6,11-18)9-12-7-8-15(4,5)20-12/h12,18H,7-11H2,1-6H3,(H,17,19). The van der Waals surface area contributed by atoms with Crippen molar-refractivity contribution in [2.24, 2.45) is 5.41 Å². The third-order valence-electron chi connectivity index (χ3n) is 3.71. The first-order valence-corrected chi connectivity index (χ1v) is 7.70. The van der Waals surface area contributed by atoms with E-state index in [2.05, 4.69) is 19.2 Å². The Hall–Kier alpha value is -0.810. The predicted molar refractivity (Wildman–Crippen MR) is 82.2 cm³/mol. The molecular weight excluding hydrogens is 270 g/mol. The van der Waals surface area contributed by atoms with Crippen molar-refractivity contribution in [1.29, 1.82) is 0 Å². The number of alkyl carbamates (subject to hydrolysis) is 1. The van der Waals surface area contributed by atoms with Crippen LogP contribution in [0.3, 0.4) is 0 Å². The lowest BCUT2D eigenvalue weighted by Crippen LogP contribution is -2.42. The summed E-state index contributed by atoms with van der Waals surface area (Å²) in [6, 6.07) is 0. The van der Waals surface area contributed by atoms with Gasteiger partial charge in [-0.1, -0.05) is 6.92 Å². The molecule has 124 valence electrons. The lowest BCUT2D eigenvalue weighted by Gasteiger charge is -2.31. The molecule has 2 N–H and O–H groups in total. The first kappa shape index (κ1) is 18.2. The van der Waals surface area contributed by atoms with Gasteiger partial charge in [-0.05, 0) is 53.9 Å². The van der Waals surface area contributed by atoms with E-state index in [0.29, 0.717) is 6.54 Å². The van der Waals surface area contributed by atoms with E-state index in [4.69, 9.17) is 9.47 Å². The largest absolute Gasteiger partial charge is 0.444 e. The fraction of sp³-hybridized carbons (Fsp3) is 0.938. The van der Waals surface area contributed by atoms with Crippen molar-refractivity contribution in [2.45, 2.75) is 78.1 Å². The van der Waals surface area contributed by atoms with Crippen molar-refractivity contribution in [3.63, 3.8) is 0 Å². The van der Waals surface area contributed by atoms with Gasteiger partial charge in [0.2, 0.25) is 0 Å². The van der Waals surface area contributed by atoms with Gasteiger partial charge in [-0.3, -0.25) is 0 Å². The second kappa shape index (κ2) is 6.53. The van der Waals surface area contributed by atoms with Crippen LogP contribution >= 0.6 is 0 Å². The number of aliphatic hydroxyl groups excluding tert-OH is 1. The molecule has 1 aliphatic rings.